The Bertz CT molecular complexity index is 897. The van der Waals surface area contributed by atoms with Crippen LogP contribution in [-0.2, 0) is 18.4 Å². The van der Waals surface area contributed by atoms with Crippen LogP contribution in [0.1, 0.15) is 0 Å². The van der Waals surface area contributed by atoms with Crippen molar-refractivity contribution in [1.82, 2.24) is 14.5 Å². The van der Waals surface area contributed by atoms with Gasteiger partial charge in [-0.1, -0.05) is 30.3 Å². The monoisotopic (exact) mass is 325 g/mol. The van der Waals surface area contributed by atoms with E-state index in [2.05, 4.69) is 5.32 Å². The van der Waals surface area contributed by atoms with Crippen molar-refractivity contribution in [2.24, 2.45) is 7.05 Å². The minimum Gasteiger partial charge on any atom is -0.492 e. The van der Waals surface area contributed by atoms with E-state index in [9.17, 15) is 9.59 Å². The standard InChI is InChI=1S/C18H19N3O3/c1-20-15-9-5-6-10-16(15)21(18(20)23)13-17(22)19-11-12-24-14-7-3-2-4-8-14/h2-10H,11-13H2,1H3,(H,19,22). The largest absolute Gasteiger partial charge is 0.492 e. The predicted octanol–water partition coefficient (Wildman–Crippen LogP) is 1.54. The van der Waals surface area contributed by atoms with Crippen molar-refractivity contribution in [3.8, 4) is 5.75 Å². The Labute approximate surface area is 139 Å². The number of hydrogen-bond donors (Lipinski definition) is 1. The van der Waals surface area contributed by atoms with Gasteiger partial charge in [0.25, 0.3) is 0 Å². The van der Waals surface area contributed by atoms with E-state index in [1.54, 1.807) is 11.6 Å². The molecule has 1 amide bonds. The van der Waals surface area contributed by atoms with Crippen molar-refractivity contribution in [1.29, 1.82) is 0 Å². The number of rotatable bonds is 6. The number of benzene rings is 2. The number of imidazole rings is 1. The lowest BCUT2D eigenvalue weighted by atomic mass is 10.3. The summed E-state index contributed by atoms with van der Waals surface area (Å²) in [7, 11) is 1.70. The Morgan fingerprint density at radius 2 is 1.71 bits per heavy atom. The van der Waals surface area contributed by atoms with Crippen LogP contribution in [0.5, 0.6) is 5.75 Å². The molecule has 0 spiro atoms. The number of hydrogen-bond acceptors (Lipinski definition) is 3. The fourth-order valence-electron chi connectivity index (χ4n) is 2.59. The zero-order valence-electron chi connectivity index (χ0n) is 13.4. The quantitative estimate of drug-likeness (QED) is 0.699. The molecule has 0 saturated carbocycles. The first-order valence-corrected chi connectivity index (χ1v) is 7.75. The van der Waals surface area contributed by atoms with Crippen LogP contribution in [0, 0.1) is 0 Å². The Morgan fingerprint density at radius 3 is 2.46 bits per heavy atom. The van der Waals surface area contributed by atoms with E-state index in [0.29, 0.717) is 13.2 Å². The van der Waals surface area contributed by atoms with Crippen LogP contribution in [0.4, 0.5) is 0 Å². The highest BCUT2D eigenvalue weighted by atomic mass is 16.5. The molecule has 3 aromatic rings. The Kier molecular flexibility index (Phi) is 4.65. The van der Waals surface area contributed by atoms with Crippen molar-refractivity contribution < 1.29 is 9.53 Å². The van der Waals surface area contributed by atoms with Crippen molar-refractivity contribution in [2.75, 3.05) is 13.2 Å². The molecule has 1 N–H and O–H groups in total. The number of carbonyl (C=O) groups is 1. The number of aromatic nitrogens is 2. The smallest absolute Gasteiger partial charge is 0.329 e. The lowest BCUT2D eigenvalue weighted by Crippen LogP contribution is -2.34. The summed E-state index contributed by atoms with van der Waals surface area (Å²) in [6, 6.07) is 16.8. The third-order valence-corrected chi connectivity index (χ3v) is 3.79. The molecule has 0 aliphatic carbocycles. The van der Waals surface area contributed by atoms with E-state index in [4.69, 9.17) is 4.74 Å². The highest BCUT2D eigenvalue weighted by molar-refractivity contribution is 5.80. The van der Waals surface area contributed by atoms with Gasteiger partial charge in [0, 0.05) is 7.05 Å². The molecule has 24 heavy (non-hydrogen) atoms. The number of para-hydroxylation sites is 3. The Morgan fingerprint density at radius 1 is 1.04 bits per heavy atom. The molecular formula is C18H19N3O3. The van der Waals surface area contributed by atoms with Gasteiger partial charge in [-0.25, -0.2) is 4.79 Å². The summed E-state index contributed by atoms with van der Waals surface area (Å²) in [6.07, 6.45) is 0. The molecule has 124 valence electrons. The van der Waals surface area contributed by atoms with Crippen molar-refractivity contribution in [3.05, 3.63) is 65.1 Å². The summed E-state index contributed by atoms with van der Waals surface area (Å²) < 4.78 is 8.54. The van der Waals surface area contributed by atoms with Crippen LogP contribution >= 0.6 is 0 Å². The zero-order valence-corrected chi connectivity index (χ0v) is 13.4. The number of nitrogens with zero attached hydrogens (tertiary/aromatic N) is 2. The molecule has 0 atom stereocenters. The van der Waals surface area contributed by atoms with E-state index in [0.717, 1.165) is 16.8 Å². The van der Waals surface area contributed by atoms with Crippen LogP contribution in [0.3, 0.4) is 0 Å². The summed E-state index contributed by atoms with van der Waals surface area (Å²) in [5, 5.41) is 2.77. The first kappa shape index (κ1) is 15.9. The summed E-state index contributed by atoms with van der Waals surface area (Å²) in [4.78, 5) is 24.4. The first-order valence-electron chi connectivity index (χ1n) is 7.75. The van der Waals surface area contributed by atoms with Gasteiger partial charge in [-0.05, 0) is 24.3 Å². The molecule has 0 bridgehead atoms. The second-order valence-corrected chi connectivity index (χ2v) is 5.43. The lowest BCUT2D eigenvalue weighted by Gasteiger charge is -2.08. The maximum Gasteiger partial charge on any atom is 0.329 e. The van der Waals surface area contributed by atoms with Gasteiger partial charge in [0.15, 0.2) is 0 Å². The molecule has 6 nitrogen and oxygen atoms in total. The molecule has 0 aliphatic rings. The summed E-state index contributed by atoms with van der Waals surface area (Å²) in [5.41, 5.74) is 1.36. The maximum absolute atomic E-state index is 12.3. The molecular weight excluding hydrogens is 306 g/mol. The first-order chi connectivity index (χ1) is 11.7. The second kappa shape index (κ2) is 7.04. The molecule has 1 aromatic heterocycles. The van der Waals surface area contributed by atoms with Crippen LogP contribution < -0.4 is 15.7 Å². The molecule has 0 fully saturated rings. The SMILES string of the molecule is Cn1c(=O)n(CC(=O)NCCOc2ccccc2)c2ccccc21. The van der Waals surface area contributed by atoms with Crippen LogP contribution in [-0.4, -0.2) is 28.2 Å². The predicted molar refractivity (Wildman–Crippen MR) is 92.1 cm³/mol. The van der Waals surface area contributed by atoms with Crippen molar-refractivity contribution in [3.63, 3.8) is 0 Å². The average Bonchev–Trinajstić information content (AvgIpc) is 2.85. The molecule has 1 heterocycles. The van der Waals surface area contributed by atoms with E-state index < -0.39 is 0 Å². The average molecular weight is 325 g/mol. The topological polar surface area (TPSA) is 65.3 Å². The van der Waals surface area contributed by atoms with Gasteiger partial charge in [-0.15, -0.1) is 0 Å². The summed E-state index contributed by atoms with van der Waals surface area (Å²) >= 11 is 0. The van der Waals surface area contributed by atoms with Crippen molar-refractivity contribution in [2.45, 2.75) is 6.54 Å². The molecule has 3 rings (SSSR count). The molecule has 6 heteroatoms. The Hall–Kier alpha value is -3.02. The lowest BCUT2D eigenvalue weighted by molar-refractivity contribution is -0.121. The summed E-state index contributed by atoms with van der Waals surface area (Å²) in [6.45, 7) is 0.749. The number of carbonyl (C=O) groups excluding carboxylic acids is 1. The van der Waals surface area contributed by atoms with Gasteiger partial charge in [0.05, 0.1) is 17.6 Å². The highest BCUT2D eigenvalue weighted by Crippen LogP contribution is 2.11. The number of nitrogens with one attached hydrogen (secondary N) is 1. The van der Waals surface area contributed by atoms with Crippen molar-refractivity contribution >= 4 is 16.9 Å². The third kappa shape index (κ3) is 3.32. The number of ether oxygens (including phenoxy) is 1. The number of amides is 1. The van der Waals surface area contributed by atoms with E-state index in [1.807, 2.05) is 54.6 Å². The fourth-order valence-corrected chi connectivity index (χ4v) is 2.59. The number of aryl methyl sites for hydroxylation is 1. The minimum absolute atomic E-state index is 0.00841. The molecule has 0 saturated heterocycles. The highest BCUT2D eigenvalue weighted by Gasteiger charge is 2.12. The van der Waals surface area contributed by atoms with E-state index >= 15 is 0 Å². The maximum atomic E-state index is 12.3. The zero-order chi connectivity index (χ0) is 16.9. The van der Waals surface area contributed by atoms with Crippen LogP contribution in [0.2, 0.25) is 0 Å². The van der Waals surface area contributed by atoms with Gasteiger partial charge in [0.2, 0.25) is 5.91 Å². The molecule has 0 unspecified atom stereocenters. The molecule has 0 radical (unpaired) electrons. The second-order valence-electron chi connectivity index (χ2n) is 5.43. The Balaban J connectivity index is 1.58. The van der Waals surface area contributed by atoms with E-state index in [-0.39, 0.29) is 18.1 Å². The molecule has 0 aliphatic heterocycles. The normalized spacial score (nSPS) is 10.7. The van der Waals surface area contributed by atoms with Gasteiger partial charge < -0.3 is 10.1 Å². The fraction of sp³-hybridized carbons (Fsp3) is 0.222. The van der Waals surface area contributed by atoms with Gasteiger partial charge >= 0.3 is 5.69 Å². The summed E-state index contributed by atoms with van der Waals surface area (Å²) in [5.74, 6) is 0.544. The minimum atomic E-state index is -0.217. The molecule has 2 aromatic carbocycles. The van der Waals surface area contributed by atoms with Gasteiger partial charge in [-0.3, -0.25) is 13.9 Å². The van der Waals surface area contributed by atoms with Crippen LogP contribution in [0.25, 0.3) is 11.0 Å². The number of fused-ring (bicyclic) bond motifs is 1. The van der Waals surface area contributed by atoms with Gasteiger partial charge in [-0.2, -0.15) is 0 Å². The van der Waals surface area contributed by atoms with Crippen LogP contribution in [0.15, 0.2) is 59.4 Å². The van der Waals surface area contributed by atoms with Gasteiger partial charge in [0.1, 0.15) is 18.9 Å². The van der Waals surface area contributed by atoms with E-state index in [1.165, 1.54) is 4.57 Å². The third-order valence-electron chi connectivity index (χ3n) is 3.79.